The van der Waals surface area contributed by atoms with E-state index in [9.17, 15) is 13.2 Å². The first-order chi connectivity index (χ1) is 9.30. The number of nitrogens with zero attached hydrogens (tertiary/aromatic N) is 3. The zero-order valence-corrected chi connectivity index (χ0v) is 12.7. The van der Waals surface area contributed by atoms with Gasteiger partial charge in [0.2, 0.25) is 5.91 Å². The van der Waals surface area contributed by atoms with Gasteiger partial charge in [-0.3, -0.25) is 4.79 Å². The van der Waals surface area contributed by atoms with Crippen molar-refractivity contribution in [2.24, 2.45) is 5.10 Å². The Morgan fingerprint density at radius 3 is 2.85 bits per heavy atom. The van der Waals surface area contributed by atoms with E-state index in [-0.39, 0.29) is 23.5 Å². The van der Waals surface area contributed by atoms with Gasteiger partial charge in [-0.05, 0) is 13.3 Å². The van der Waals surface area contributed by atoms with E-state index in [0.29, 0.717) is 22.8 Å². The zero-order chi connectivity index (χ0) is 14.9. The molecular weight excluding hydrogens is 304 g/mol. The number of hydrogen-bond donors (Lipinski definition) is 1. The standard InChI is InChI=1S/C11H15ClN4O3S/c1-7-10(5-13-14-8(2)17)11(12)16(15-7)9-3-4-20(18,19)6-9/h5,9H,3-4,6H2,1-2H3,(H,14,17)/b13-5-/t9-/m1/s1. The molecule has 1 atom stereocenters. The molecule has 2 heterocycles. The second kappa shape index (κ2) is 5.53. The van der Waals surface area contributed by atoms with E-state index in [4.69, 9.17) is 11.6 Å². The Labute approximate surface area is 121 Å². The molecule has 0 unspecified atom stereocenters. The van der Waals surface area contributed by atoms with Gasteiger partial charge in [0.1, 0.15) is 5.15 Å². The number of halogens is 1. The van der Waals surface area contributed by atoms with Gasteiger partial charge < -0.3 is 0 Å². The van der Waals surface area contributed by atoms with Crippen LogP contribution in [0, 0.1) is 6.92 Å². The van der Waals surface area contributed by atoms with Crippen molar-refractivity contribution in [1.29, 1.82) is 0 Å². The van der Waals surface area contributed by atoms with Crippen LogP contribution in [-0.4, -0.2) is 41.8 Å². The Balaban J connectivity index is 2.25. The molecule has 1 aromatic rings. The van der Waals surface area contributed by atoms with E-state index in [0.717, 1.165) is 0 Å². The summed E-state index contributed by atoms with van der Waals surface area (Å²) in [6.45, 7) is 3.10. The minimum atomic E-state index is -3.00. The Hall–Kier alpha value is -1.41. The number of hydrogen-bond acceptors (Lipinski definition) is 5. The average Bonchev–Trinajstić information content (AvgIpc) is 2.82. The molecule has 1 aliphatic heterocycles. The normalized spacial score (nSPS) is 21.4. The number of carbonyl (C=O) groups is 1. The lowest BCUT2D eigenvalue weighted by atomic mass is 10.2. The van der Waals surface area contributed by atoms with Gasteiger partial charge in [0.15, 0.2) is 9.84 Å². The van der Waals surface area contributed by atoms with Crippen molar-refractivity contribution in [2.45, 2.75) is 26.3 Å². The number of rotatable bonds is 3. The van der Waals surface area contributed by atoms with Gasteiger partial charge in [0, 0.05) is 6.92 Å². The van der Waals surface area contributed by atoms with Crippen LogP contribution in [-0.2, 0) is 14.6 Å². The molecule has 0 aromatic carbocycles. The molecule has 1 fully saturated rings. The molecule has 110 valence electrons. The van der Waals surface area contributed by atoms with Gasteiger partial charge in [-0.15, -0.1) is 0 Å². The number of aromatic nitrogens is 2. The van der Waals surface area contributed by atoms with Gasteiger partial charge in [0.25, 0.3) is 0 Å². The molecule has 20 heavy (non-hydrogen) atoms. The zero-order valence-electron chi connectivity index (χ0n) is 11.1. The molecule has 1 saturated heterocycles. The van der Waals surface area contributed by atoms with Gasteiger partial charge in [0.05, 0.1) is 35.0 Å². The van der Waals surface area contributed by atoms with Crippen LogP contribution in [0.25, 0.3) is 0 Å². The number of nitrogens with one attached hydrogen (secondary N) is 1. The average molecular weight is 319 g/mol. The fourth-order valence-corrected chi connectivity index (χ4v) is 4.13. The summed E-state index contributed by atoms with van der Waals surface area (Å²) in [5.74, 6) is -0.0810. The molecule has 1 aromatic heterocycles. The molecule has 0 radical (unpaired) electrons. The highest BCUT2D eigenvalue weighted by molar-refractivity contribution is 7.91. The lowest BCUT2D eigenvalue weighted by molar-refractivity contribution is -0.118. The van der Waals surface area contributed by atoms with E-state index < -0.39 is 9.84 Å². The molecule has 9 heteroatoms. The van der Waals surface area contributed by atoms with Gasteiger partial charge in [-0.25, -0.2) is 18.5 Å². The molecule has 1 aliphatic rings. The summed E-state index contributed by atoms with van der Waals surface area (Å²) in [7, 11) is -3.00. The predicted octanol–water partition coefficient (Wildman–Crippen LogP) is 0.675. The summed E-state index contributed by atoms with van der Waals surface area (Å²) in [6.07, 6.45) is 1.91. The van der Waals surface area contributed by atoms with Crippen molar-refractivity contribution in [3.8, 4) is 0 Å². The third kappa shape index (κ3) is 3.18. The van der Waals surface area contributed by atoms with Crippen molar-refractivity contribution < 1.29 is 13.2 Å². The van der Waals surface area contributed by atoms with Crippen LogP contribution in [0.1, 0.15) is 30.6 Å². The summed E-state index contributed by atoms with van der Waals surface area (Å²) >= 11 is 6.22. The summed E-state index contributed by atoms with van der Waals surface area (Å²) in [5, 5.41) is 8.35. The summed E-state index contributed by atoms with van der Waals surface area (Å²) in [4.78, 5) is 10.7. The molecule has 0 saturated carbocycles. The van der Waals surface area contributed by atoms with E-state index in [2.05, 4.69) is 15.6 Å². The molecule has 0 bridgehead atoms. The minimum absolute atomic E-state index is 0.0517. The predicted molar refractivity (Wildman–Crippen MR) is 75.7 cm³/mol. The summed E-state index contributed by atoms with van der Waals surface area (Å²) in [6, 6.07) is -0.242. The molecular formula is C11H15ClN4O3S. The monoisotopic (exact) mass is 318 g/mol. The molecule has 1 N–H and O–H groups in total. The van der Waals surface area contributed by atoms with E-state index in [1.165, 1.54) is 17.8 Å². The Morgan fingerprint density at radius 2 is 2.30 bits per heavy atom. The lowest BCUT2D eigenvalue weighted by Gasteiger charge is -2.09. The van der Waals surface area contributed by atoms with Gasteiger partial charge >= 0.3 is 0 Å². The smallest absolute Gasteiger partial charge is 0.236 e. The fourth-order valence-electron chi connectivity index (χ4n) is 2.08. The maximum Gasteiger partial charge on any atom is 0.236 e. The van der Waals surface area contributed by atoms with Crippen LogP contribution >= 0.6 is 11.6 Å². The largest absolute Gasteiger partial charge is 0.274 e. The van der Waals surface area contributed by atoms with Crippen LogP contribution in [0.15, 0.2) is 5.10 Å². The Bertz CT molecular complexity index is 665. The highest BCUT2D eigenvalue weighted by Gasteiger charge is 2.31. The SMILES string of the molecule is CC(=O)N/N=C\c1c(C)nn([C@@H]2CCS(=O)(=O)C2)c1Cl. The Morgan fingerprint density at radius 1 is 1.60 bits per heavy atom. The van der Waals surface area contributed by atoms with Crippen molar-refractivity contribution in [1.82, 2.24) is 15.2 Å². The third-order valence-corrected chi connectivity index (χ3v) is 5.17. The number of aryl methyl sites for hydroxylation is 1. The first-order valence-electron chi connectivity index (χ1n) is 6.05. The van der Waals surface area contributed by atoms with Crippen molar-refractivity contribution in [3.63, 3.8) is 0 Å². The topological polar surface area (TPSA) is 93.4 Å². The van der Waals surface area contributed by atoms with Crippen molar-refractivity contribution in [2.75, 3.05) is 11.5 Å². The minimum Gasteiger partial charge on any atom is -0.274 e. The van der Waals surface area contributed by atoms with E-state index >= 15 is 0 Å². The van der Waals surface area contributed by atoms with Crippen molar-refractivity contribution >= 4 is 33.6 Å². The van der Waals surface area contributed by atoms with Crippen LogP contribution in [0.3, 0.4) is 0 Å². The number of carbonyl (C=O) groups excluding carboxylic acids is 1. The highest BCUT2D eigenvalue weighted by Crippen LogP contribution is 2.29. The van der Waals surface area contributed by atoms with Crippen LogP contribution < -0.4 is 5.43 Å². The quantitative estimate of drug-likeness (QED) is 0.655. The van der Waals surface area contributed by atoms with Crippen LogP contribution in [0.5, 0.6) is 0 Å². The van der Waals surface area contributed by atoms with E-state index in [1.54, 1.807) is 6.92 Å². The van der Waals surface area contributed by atoms with E-state index in [1.807, 2.05) is 0 Å². The second-order valence-corrected chi connectivity index (χ2v) is 7.30. The number of hydrazone groups is 1. The molecule has 1 amide bonds. The molecule has 0 aliphatic carbocycles. The van der Waals surface area contributed by atoms with Crippen molar-refractivity contribution in [3.05, 3.63) is 16.4 Å². The maximum atomic E-state index is 11.5. The summed E-state index contributed by atoms with van der Waals surface area (Å²) in [5.41, 5.74) is 3.49. The second-order valence-electron chi connectivity index (χ2n) is 4.72. The lowest BCUT2D eigenvalue weighted by Crippen LogP contribution is -2.13. The van der Waals surface area contributed by atoms with Crippen LogP contribution in [0.4, 0.5) is 0 Å². The maximum absolute atomic E-state index is 11.5. The first kappa shape index (κ1) is 15.0. The molecule has 2 rings (SSSR count). The van der Waals surface area contributed by atoms with Gasteiger partial charge in [-0.1, -0.05) is 11.6 Å². The first-order valence-corrected chi connectivity index (χ1v) is 8.25. The Kier molecular flexibility index (Phi) is 4.14. The molecule has 7 nitrogen and oxygen atoms in total. The number of sulfone groups is 1. The molecule has 0 spiro atoms. The van der Waals surface area contributed by atoms with Gasteiger partial charge in [-0.2, -0.15) is 10.2 Å². The summed E-state index contributed by atoms with van der Waals surface area (Å²) < 4.78 is 24.5. The third-order valence-electron chi connectivity index (χ3n) is 3.04. The number of amides is 1. The fraction of sp³-hybridized carbons (Fsp3) is 0.545. The van der Waals surface area contributed by atoms with Crippen LogP contribution in [0.2, 0.25) is 5.15 Å². The highest BCUT2D eigenvalue weighted by atomic mass is 35.5.